The maximum atomic E-state index is 5.83. The third-order valence-electron chi connectivity index (χ3n) is 2.72. The van der Waals surface area contributed by atoms with Crippen LogP contribution in [0.1, 0.15) is 32.6 Å². The van der Waals surface area contributed by atoms with E-state index >= 15 is 0 Å². The van der Waals surface area contributed by atoms with E-state index in [4.69, 9.17) is 4.74 Å². The van der Waals surface area contributed by atoms with E-state index in [1.165, 1.54) is 25.7 Å². The molecule has 60 valence electrons. The van der Waals surface area contributed by atoms with Crippen LogP contribution in [-0.4, -0.2) is 21.4 Å². The second-order valence-corrected chi connectivity index (χ2v) is 5.19. The van der Waals surface area contributed by atoms with E-state index in [-0.39, 0.29) is 9.52 Å². The van der Waals surface area contributed by atoms with Crippen LogP contribution in [0.25, 0.3) is 0 Å². The third kappa shape index (κ3) is 1.61. The van der Waals surface area contributed by atoms with Crippen LogP contribution in [0.5, 0.6) is 0 Å². The highest BCUT2D eigenvalue weighted by molar-refractivity contribution is 6.37. The van der Waals surface area contributed by atoms with Crippen LogP contribution in [-0.2, 0) is 4.74 Å². The van der Waals surface area contributed by atoms with E-state index in [9.17, 15) is 0 Å². The Morgan fingerprint density at radius 1 is 1.50 bits per heavy atom. The Bertz CT molecular complexity index is 91.4. The second kappa shape index (κ2) is 3.53. The molecule has 0 aliphatic carbocycles. The molecule has 0 spiro atoms. The van der Waals surface area contributed by atoms with Crippen molar-refractivity contribution in [2.45, 2.75) is 44.4 Å². The fourth-order valence-electron chi connectivity index (χ4n) is 1.72. The van der Waals surface area contributed by atoms with Crippen LogP contribution >= 0.6 is 0 Å². The molecule has 1 heterocycles. The summed E-state index contributed by atoms with van der Waals surface area (Å²) in [6.07, 6.45) is 5.27. The van der Waals surface area contributed by atoms with Gasteiger partial charge in [0.1, 0.15) is 0 Å². The van der Waals surface area contributed by atoms with Crippen molar-refractivity contribution in [2.24, 2.45) is 0 Å². The van der Waals surface area contributed by atoms with Crippen molar-refractivity contribution in [1.82, 2.24) is 0 Å². The van der Waals surface area contributed by atoms with Crippen LogP contribution in [0.2, 0.25) is 6.55 Å². The van der Waals surface area contributed by atoms with Crippen LogP contribution in [0, 0.1) is 0 Å². The summed E-state index contributed by atoms with van der Waals surface area (Å²) in [4.78, 5) is 0. The van der Waals surface area contributed by atoms with Crippen molar-refractivity contribution < 1.29 is 4.74 Å². The summed E-state index contributed by atoms with van der Waals surface area (Å²) in [6, 6.07) is 0. The molecule has 1 aliphatic rings. The highest BCUT2D eigenvalue weighted by atomic mass is 28.2. The number of hydrogen-bond donors (Lipinski definition) is 0. The molecule has 10 heavy (non-hydrogen) atoms. The molecule has 0 amide bonds. The normalized spacial score (nSPS) is 35.4. The number of rotatable bonds is 2. The second-order valence-electron chi connectivity index (χ2n) is 3.20. The smallest absolute Gasteiger partial charge is 0.0564 e. The monoisotopic (exact) mass is 158 g/mol. The SMILES string of the molecule is CCC1([SiH2]C)CCCCO1. The lowest BCUT2D eigenvalue weighted by Crippen LogP contribution is -2.40. The largest absolute Gasteiger partial charge is 0.379 e. The summed E-state index contributed by atoms with van der Waals surface area (Å²) in [5.74, 6) is 0. The van der Waals surface area contributed by atoms with Crippen LogP contribution in [0.4, 0.5) is 0 Å². The molecule has 0 aromatic carbocycles. The Hall–Kier alpha value is 0.177. The first kappa shape index (κ1) is 8.28. The van der Waals surface area contributed by atoms with Crippen LogP contribution < -0.4 is 0 Å². The lowest BCUT2D eigenvalue weighted by Gasteiger charge is -2.35. The highest BCUT2D eigenvalue weighted by Gasteiger charge is 2.28. The molecule has 0 bridgehead atoms. The Balaban J connectivity index is 2.44. The van der Waals surface area contributed by atoms with Gasteiger partial charge in [-0.2, -0.15) is 0 Å². The molecule has 1 fully saturated rings. The fraction of sp³-hybridized carbons (Fsp3) is 1.00. The number of hydrogen-bond acceptors (Lipinski definition) is 1. The molecular weight excluding hydrogens is 140 g/mol. The van der Waals surface area contributed by atoms with Gasteiger partial charge in [0.05, 0.1) is 14.7 Å². The standard InChI is InChI=1S/C8H18OSi/c1-3-8(10-2)6-4-5-7-9-8/h3-7,10H2,1-2H3. The zero-order chi connectivity index (χ0) is 7.45. The minimum Gasteiger partial charge on any atom is -0.379 e. The summed E-state index contributed by atoms with van der Waals surface area (Å²) in [6.45, 7) is 5.66. The molecule has 1 atom stereocenters. The average molecular weight is 158 g/mol. The zero-order valence-electron chi connectivity index (χ0n) is 7.15. The van der Waals surface area contributed by atoms with Gasteiger partial charge in [-0.25, -0.2) is 0 Å². The van der Waals surface area contributed by atoms with Crippen molar-refractivity contribution in [2.75, 3.05) is 6.61 Å². The Labute approximate surface area is 66.0 Å². The molecule has 1 nitrogen and oxygen atoms in total. The molecule has 0 N–H and O–H groups in total. The van der Waals surface area contributed by atoms with Crippen molar-refractivity contribution in [1.29, 1.82) is 0 Å². The van der Waals surface area contributed by atoms with Gasteiger partial charge in [-0.05, 0) is 25.7 Å². The minimum atomic E-state index is 0.0391. The van der Waals surface area contributed by atoms with Gasteiger partial charge in [0.15, 0.2) is 0 Å². The Morgan fingerprint density at radius 2 is 2.30 bits per heavy atom. The van der Waals surface area contributed by atoms with Crippen LogP contribution in [0.3, 0.4) is 0 Å². The van der Waals surface area contributed by atoms with E-state index in [2.05, 4.69) is 13.5 Å². The molecule has 0 radical (unpaired) electrons. The Morgan fingerprint density at radius 3 is 2.60 bits per heavy atom. The van der Waals surface area contributed by atoms with Gasteiger partial charge >= 0.3 is 0 Å². The highest BCUT2D eigenvalue weighted by Crippen LogP contribution is 2.26. The van der Waals surface area contributed by atoms with Gasteiger partial charge in [0.25, 0.3) is 0 Å². The van der Waals surface area contributed by atoms with Gasteiger partial charge in [-0.3, -0.25) is 0 Å². The molecule has 0 saturated carbocycles. The number of ether oxygens (including phenoxy) is 1. The molecule has 0 aromatic rings. The molecule has 2 heteroatoms. The van der Waals surface area contributed by atoms with Crippen molar-refractivity contribution >= 4 is 9.52 Å². The van der Waals surface area contributed by atoms with Crippen molar-refractivity contribution in [3.63, 3.8) is 0 Å². The molecule has 1 saturated heterocycles. The summed E-state index contributed by atoms with van der Waals surface area (Å²) >= 11 is 0. The lowest BCUT2D eigenvalue weighted by atomic mass is 10.1. The maximum absolute atomic E-state index is 5.83. The van der Waals surface area contributed by atoms with Crippen molar-refractivity contribution in [3.8, 4) is 0 Å². The molecule has 0 aromatic heterocycles. The van der Waals surface area contributed by atoms with Gasteiger partial charge in [-0.1, -0.05) is 13.5 Å². The first-order chi connectivity index (χ1) is 4.83. The summed E-state index contributed by atoms with van der Waals surface area (Å²) < 4.78 is 5.83. The summed E-state index contributed by atoms with van der Waals surface area (Å²) in [5.41, 5.74) is 0. The zero-order valence-corrected chi connectivity index (χ0v) is 8.57. The van der Waals surface area contributed by atoms with Gasteiger partial charge in [0, 0.05) is 6.61 Å². The third-order valence-corrected chi connectivity index (χ3v) is 5.07. The lowest BCUT2D eigenvalue weighted by molar-refractivity contribution is -0.0219. The first-order valence-corrected chi connectivity index (χ1v) is 6.59. The molecular formula is C8H18OSi. The quantitative estimate of drug-likeness (QED) is 0.554. The van der Waals surface area contributed by atoms with Crippen LogP contribution in [0.15, 0.2) is 0 Å². The summed E-state index contributed by atoms with van der Waals surface area (Å²) in [5, 5.41) is 0.401. The predicted octanol–water partition coefficient (Wildman–Crippen LogP) is 1.51. The molecule has 1 unspecified atom stereocenters. The van der Waals surface area contributed by atoms with Crippen molar-refractivity contribution in [3.05, 3.63) is 0 Å². The van der Waals surface area contributed by atoms with E-state index in [0.717, 1.165) is 6.61 Å². The van der Waals surface area contributed by atoms with E-state index in [1.807, 2.05) is 0 Å². The first-order valence-electron chi connectivity index (χ1n) is 4.47. The molecule has 1 aliphatic heterocycles. The van der Waals surface area contributed by atoms with Gasteiger partial charge < -0.3 is 4.74 Å². The minimum absolute atomic E-state index is 0.0391. The van der Waals surface area contributed by atoms with Gasteiger partial charge in [-0.15, -0.1) is 0 Å². The predicted molar refractivity (Wildman–Crippen MR) is 47.2 cm³/mol. The van der Waals surface area contributed by atoms with E-state index < -0.39 is 0 Å². The topological polar surface area (TPSA) is 9.23 Å². The average Bonchev–Trinajstić information content (AvgIpc) is 2.06. The fourth-order valence-corrected chi connectivity index (χ4v) is 3.17. The molecule has 1 rings (SSSR count). The maximum Gasteiger partial charge on any atom is 0.0564 e. The van der Waals surface area contributed by atoms with E-state index in [0.29, 0.717) is 5.22 Å². The summed E-state index contributed by atoms with van der Waals surface area (Å²) in [7, 11) is 0.0391. The van der Waals surface area contributed by atoms with Gasteiger partial charge in [0.2, 0.25) is 0 Å². The Kier molecular flexibility index (Phi) is 2.92. The van der Waals surface area contributed by atoms with E-state index in [1.54, 1.807) is 0 Å².